The molecule has 1 heterocycles. The van der Waals surface area contributed by atoms with Crippen LogP contribution < -0.4 is 10.2 Å². The molecule has 14 heavy (non-hydrogen) atoms. The second kappa shape index (κ2) is 3.67. The van der Waals surface area contributed by atoms with Crippen molar-refractivity contribution >= 4 is 5.91 Å². The number of amides is 1. The van der Waals surface area contributed by atoms with Crippen LogP contribution in [0.25, 0.3) is 0 Å². The van der Waals surface area contributed by atoms with Gasteiger partial charge in [-0.2, -0.15) is 0 Å². The van der Waals surface area contributed by atoms with E-state index in [1.165, 1.54) is 7.11 Å². The fraction of sp³-hybridized carbons (Fsp3) is 0.300. The van der Waals surface area contributed by atoms with Crippen molar-refractivity contribution in [3.8, 4) is 5.75 Å². The highest BCUT2D eigenvalue weighted by molar-refractivity contribution is 5.81. The van der Waals surface area contributed by atoms with Crippen molar-refractivity contribution in [2.24, 2.45) is 0 Å². The van der Waals surface area contributed by atoms with E-state index in [0.29, 0.717) is 6.42 Å². The molecule has 4 heteroatoms. The highest BCUT2D eigenvalue weighted by Gasteiger charge is 2.28. The summed E-state index contributed by atoms with van der Waals surface area (Å²) in [6.07, 6.45) is 0.137. The minimum Gasteiger partial charge on any atom is -0.480 e. The molecule has 1 N–H and O–H groups in total. The van der Waals surface area contributed by atoms with E-state index in [2.05, 4.69) is 10.3 Å². The topological polar surface area (TPSA) is 47.6 Å². The quantitative estimate of drug-likeness (QED) is 0.702. The van der Waals surface area contributed by atoms with Gasteiger partial charge in [0.15, 0.2) is 6.10 Å². The van der Waals surface area contributed by atoms with Crippen LogP contribution in [0.4, 0.5) is 0 Å². The third-order valence-corrected chi connectivity index (χ3v) is 2.14. The molecule has 1 amide bonds. The molecule has 0 radical (unpaired) electrons. The van der Waals surface area contributed by atoms with E-state index in [9.17, 15) is 4.79 Å². The lowest BCUT2D eigenvalue weighted by molar-refractivity contribution is -0.137. The van der Waals surface area contributed by atoms with Gasteiger partial charge in [0.1, 0.15) is 5.75 Å². The third kappa shape index (κ3) is 1.56. The molecular formula is C10H11NO3. The van der Waals surface area contributed by atoms with E-state index >= 15 is 0 Å². The minimum absolute atomic E-state index is 0.247. The zero-order valence-corrected chi connectivity index (χ0v) is 7.82. The highest BCUT2D eigenvalue weighted by Crippen LogP contribution is 2.27. The van der Waals surface area contributed by atoms with Gasteiger partial charge < -0.3 is 4.74 Å². The summed E-state index contributed by atoms with van der Waals surface area (Å²) in [5, 5.41) is 0. The Morgan fingerprint density at radius 3 is 3.07 bits per heavy atom. The molecule has 0 spiro atoms. The van der Waals surface area contributed by atoms with E-state index in [1.807, 2.05) is 24.3 Å². The van der Waals surface area contributed by atoms with Crippen LogP contribution in [0.15, 0.2) is 24.3 Å². The molecule has 1 aliphatic rings. The number of hydroxylamine groups is 1. The number of nitrogens with one attached hydrogen (secondary N) is 1. The largest absolute Gasteiger partial charge is 0.480 e. The van der Waals surface area contributed by atoms with Crippen molar-refractivity contribution in [1.29, 1.82) is 0 Å². The van der Waals surface area contributed by atoms with Crippen molar-refractivity contribution in [3.63, 3.8) is 0 Å². The predicted molar refractivity (Wildman–Crippen MR) is 49.7 cm³/mol. The van der Waals surface area contributed by atoms with Crippen LogP contribution in [0.5, 0.6) is 5.75 Å². The van der Waals surface area contributed by atoms with Crippen molar-refractivity contribution in [3.05, 3.63) is 29.8 Å². The van der Waals surface area contributed by atoms with Gasteiger partial charge in [0, 0.05) is 6.42 Å². The molecule has 1 aliphatic heterocycles. The maximum atomic E-state index is 11.4. The molecule has 0 saturated heterocycles. The van der Waals surface area contributed by atoms with Gasteiger partial charge in [-0.15, -0.1) is 0 Å². The Bertz CT molecular complexity index is 326. The number of ether oxygens (including phenoxy) is 1. The highest BCUT2D eigenvalue weighted by atomic mass is 16.6. The minimum atomic E-state index is -0.465. The zero-order valence-electron chi connectivity index (χ0n) is 7.82. The third-order valence-electron chi connectivity index (χ3n) is 2.14. The Kier molecular flexibility index (Phi) is 2.37. The molecule has 0 fully saturated rings. The van der Waals surface area contributed by atoms with Crippen LogP contribution in [0, 0.1) is 0 Å². The molecule has 0 aromatic heterocycles. The van der Waals surface area contributed by atoms with Crippen LogP contribution in [0.3, 0.4) is 0 Å². The van der Waals surface area contributed by atoms with Crippen LogP contribution in [-0.4, -0.2) is 19.1 Å². The lowest BCUT2D eigenvalue weighted by atomic mass is 10.1. The second-order valence-electron chi connectivity index (χ2n) is 3.09. The molecular weight excluding hydrogens is 182 g/mol. The Hall–Kier alpha value is -1.55. The maximum Gasteiger partial charge on any atom is 0.284 e. The average molecular weight is 193 g/mol. The van der Waals surface area contributed by atoms with Gasteiger partial charge in [-0.1, -0.05) is 18.2 Å². The summed E-state index contributed by atoms with van der Waals surface area (Å²) < 4.78 is 5.43. The van der Waals surface area contributed by atoms with E-state index in [1.54, 1.807) is 0 Å². The van der Waals surface area contributed by atoms with Crippen LogP contribution in [-0.2, 0) is 16.1 Å². The van der Waals surface area contributed by atoms with Gasteiger partial charge in [0.2, 0.25) is 0 Å². The molecule has 1 aromatic rings. The summed E-state index contributed by atoms with van der Waals surface area (Å²) in [6, 6.07) is 7.62. The molecule has 2 rings (SSSR count). The average Bonchev–Trinajstić information content (AvgIpc) is 2.61. The first-order valence-corrected chi connectivity index (χ1v) is 4.38. The molecule has 0 bridgehead atoms. The molecule has 0 saturated carbocycles. The fourth-order valence-corrected chi connectivity index (χ4v) is 1.49. The first-order valence-electron chi connectivity index (χ1n) is 4.38. The van der Waals surface area contributed by atoms with Crippen LogP contribution in [0.2, 0.25) is 0 Å². The SMILES string of the molecule is CONC(=O)C1Cc2ccccc2O1. The van der Waals surface area contributed by atoms with Crippen molar-refractivity contribution < 1.29 is 14.4 Å². The van der Waals surface area contributed by atoms with Gasteiger partial charge in [-0.3, -0.25) is 9.63 Å². The smallest absolute Gasteiger partial charge is 0.284 e. The van der Waals surface area contributed by atoms with E-state index in [0.717, 1.165) is 11.3 Å². The molecule has 1 aromatic carbocycles. The number of hydrogen-bond donors (Lipinski definition) is 1. The Balaban J connectivity index is 2.08. The zero-order chi connectivity index (χ0) is 9.97. The normalized spacial score (nSPS) is 18.5. The lowest BCUT2D eigenvalue weighted by Crippen LogP contribution is -2.36. The second-order valence-corrected chi connectivity index (χ2v) is 3.09. The Morgan fingerprint density at radius 1 is 1.57 bits per heavy atom. The number of carbonyl (C=O) groups excluding carboxylic acids is 1. The summed E-state index contributed by atoms with van der Waals surface area (Å²) in [4.78, 5) is 15.9. The summed E-state index contributed by atoms with van der Waals surface area (Å²) >= 11 is 0. The first kappa shape index (κ1) is 9.02. The first-order chi connectivity index (χ1) is 6.81. The number of fused-ring (bicyclic) bond motifs is 1. The Labute approximate surface area is 81.8 Å². The van der Waals surface area contributed by atoms with Crippen molar-refractivity contribution in [2.45, 2.75) is 12.5 Å². The summed E-state index contributed by atoms with van der Waals surface area (Å²) in [5.41, 5.74) is 3.32. The van der Waals surface area contributed by atoms with E-state index in [-0.39, 0.29) is 5.91 Å². The maximum absolute atomic E-state index is 11.4. The summed E-state index contributed by atoms with van der Waals surface area (Å²) in [6.45, 7) is 0. The van der Waals surface area contributed by atoms with E-state index < -0.39 is 6.10 Å². The van der Waals surface area contributed by atoms with Gasteiger partial charge >= 0.3 is 0 Å². The lowest BCUT2D eigenvalue weighted by Gasteiger charge is -2.08. The molecule has 1 atom stereocenters. The van der Waals surface area contributed by atoms with Crippen LogP contribution in [0.1, 0.15) is 5.56 Å². The molecule has 0 aliphatic carbocycles. The van der Waals surface area contributed by atoms with Gasteiger partial charge in [0.05, 0.1) is 7.11 Å². The van der Waals surface area contributed by atoms with E-state index in [4.69, 9.17) is 4.74 Å². The fourth-order valence-electron chi connectivity index (χ4n) is 1.49. The molecule has 1 unspecified atom stereocenters. The Morgan fingerprint density at radius 2 is 2.36 bits per heavy atom. The number of benzene rings is 1. The van der Waals surface area contributed by atoms with Gasteiger partial charge in [-0.05, 0) is 11.6 Å². The van der Waals surface area contributed by atoms with Gasteiger partial charge in [0.25, 0.3) is 5.91 Å². The molecule has 4 nitrogen and oxygen atoms in total. The van der Waals surface area contributed by atoms with Gasteiger partial charge in [-0.25, -0.2) is 5.48 Å². The summed E-state index contributed by atoms with van der Waals surface area (Å²) in [7, 11) is 1.40. The summed E-state index contributed by atoms with van der Waals surface area (Å²) in [5.74, 6) is 0.535. The molecule has 74 valence electrons. The standard InChI is InChI=1S/C10H11NO3/c1-13-11-10(12)9-6-7-4-2-3-5-8(7)14-9/h2-5,9H,6H2,1H3,(H,11,12). The monoisotopic (exact) mass is 193 g/mol. The number of hydrogen-bond acceptors (Lipinski definition) is 3. The number of carbonyl (C=O) groups is 1. The predicted octanol–water partition coefficient (Wildman–Crippen LogP) is 0.668. The number of rotatable bonds is 2. The van der Waals surface area contributed by atoms with Crippen molar-refractivity contribution in [2.75, 3.05) is 7.11 Å². The van der Waals surface area contributed by atoms with Crippen molar-refractivity contribution in [1.82, 2.24) is 5.48 Å². The number of para-hydroxylation sites is 1. The van der Waals surface area contributed by atoms with Crippen LogP contribution >= 0.6 is 0 Å².